The summed E-state index contributed by atoms with van der Waals surface area (Å²) in [5.74, 6) is 0.689. The summed E-state index contributed by atoms with van der Waals surface area (Å²) in [6.45, 7) is 3.99. The van der Waals surface area contributed by atoms with Gasteiger partial charge >= 0.3 is 0 Å². The summed E-state index contributed by atoms with van der Waals surface area (Å²) in [4.78, 5) is 21.1. The minimum atomic E-state index is 0.689. The highest BCUT2D eigenvalue weighted by Crippen LogP contribution is 2.27. The molecule has 23 heavy (non-hydrogen) atoms. The largest absolute Gasteiger partial charge is 0.346 e. The van der Waals surface area contributed by atoms with E-state index in [0.29, 0.717) is 5.82 Å². The number of hydrogen-bond donors (Lipinski definition) is 1. The van der Waals surface area contributed by atoms with E-state index in [4.69, 9.17) is 4.98 Å². The lowest BCUT2D eigenvalue weighted by Crippen LogP contribution is -1.96. The third-order valence-electron chi connectivity index (χ3n) is 3.86. The molecule has 0 saturated carbocycles. The number of fused-ring (bicyclic) bond motifs is 1. The molecule has 0 spiro atoms. The third-order valence-corrected chi connectivity index (χ3v) is 3.86. The second kappa shape index (κ2) is 5.28. The van der Waals surface area contributed by atoms with E-state index >= 15 is 0 Å². The fourth-order valence-corrected chi connectivity index (χ4v) is 2.75. The summed E-state index contributed by atoms with van der Waals surface area (Å²) in [7, 11) is 0. The van der Waals surface area contributed by atoms with Gasteiger partial charge in [0.1, 0.15) is 5.65 Å². The molecule has 4 heterocycles. The van der Waals surface area contributed by atoms with Crippen LogP contribution in [0.2, 0.25) is 0 Å². The first-order valence-electron chi connectivity index (χ1n) is 7.42. The molecule has 5 nitrogen and oxygen atoms in total. The van der Waals surface area contributed by atoms with Crippen molar-refractivity contribution in [3.63, 3.8) is 0 Å². The van der Waals surface area contributed by atoms with Gasteiger partial charge in [0.05, 0.1) is 5.69 Å². The van der Waals surface area contributed by atoms with Crippen LogP contribution in [0.15, 0.2) is 48.9 Å². The maximum absolute atomic E-state index is 4.74. The topological polar surface area (TPSA) is 67.3 Å². The third kappa shape index (κ3) is 2.36. The van der Waals surface area contributed by atoms with Gasteiger partial charge in [-0.2, -0.15) is 0 Å². The minimum Gasteiger partial charge on any atom is -0.346 e. The van der Waals surface area contributed by atoms with Crippen LogP contribution >= 0.6 is 0 Å². The van der Waals surface area contributed by atoms with Gasteiger partial charge in [0.15, 0.2) is 5.82 Å². The fraction of sp³-hybridized carbons (Fsp3) is 0.111. The van der Waals surface area contributed by atoms with Gasteiger partial charge in [0.25, 0.3) is 0 Å². The summed E-state index contributed by atoms with van der Waals surface area (Å²) in [6, 6.07) is 9.91. The first-order valence-corrected chi connectivity index (χ1v) is 7.42. The van der Waals surface area contributed by atoms with Crippen molar-refractivity contribution >= 4 is 11.0 Å². The smallest absolute Gasteiger partial charge is 0.160 e. The number of aromatic nitrogens is 5. The van der Waals surface area contributed by atoms with Crippen LogP contribution in [0.25, 0.3) is 33.7 Å². The lowest BCUT2D eigenvalue weighted by Gasteiger charge is -2.07. The second-order valence-electron chi connectivity index (χ2n) is 5.45. The van der Waals surface area contributed by atoms with Gasteiger partial charge in [0.2, 0.25) is 0 Å². The van der Waals surface area contributed by atoms with Crippen LogP contribution in [0, 0.1) is 13.8 Å². The first-order chi connectivity index (χ1) is 11.2. The average Bonchev–Trinajstić information content (AvgIpc) is 3.03. The molecule has 5 heteroatoms. The van der Waals surface area contributed by atoms with Gasteiger partial charge in [-0.15, -0.1) is 0 Å². The molecule has 4 rings (SSSR count). The SMILES string of the molecule is Cc1ccc(-c2ccnc(-c3ccnc4[nH]ccc34)n2)c(C)n1. The van der Waals surface area contributed by atoms with Crippen molar-refractivity contribution in [2.75, 3.05) is 0 Å². The Kier molecular flexibility index (Phi) is 3.12. The summed E-state index contributed by atoms with van der Waals surface area (Å²) in [5.41, 5.74) is 5.68. The van der Waals surface area contributed by atoms with Gasteiger partial charge in [-0.05, 0) is 44.2 Å². The summed E-state index contributed by atoms with van der Waals surface area (Å²) < 4.78 is 0. The Morgan fingerprint density at radius 1 is 0.826 bits per heavy atom. The van der Waals surface area contributed by atoms with E-state index in [2.05, 4.69) is 26.0 Å². The predicted octanol–water partition coefficient (Wildman–Crippen LogP) is 3.70. The van der Waals surface area contributed by atoms with E-state index in [1.807, 2.05) is 44.3 Å². The molecule has 112 valence electrons. The zero-order valence-corrected chi connectivity index (χ0v) is 12.9. The summed E-state index contributed by atoms with van der Waals surface area (Å²) in [5, 5.41) is 1.02. The van der Waals surface area contributed by atoms with E-state index in [9.17, 15) is 0 Å². The van der Waals surface area contributed by atoms with E-state index in [1.165, 1.54) is 0 Å². The Morgan fingerprint density at radius 2 is 1.70 bits per heavy atom. The predicted molar refractivity (Wildman–Crippen MR) is 89.8 cm³/mol. The van der Waals surface area contributed by atoms with Crippen molar-refractivity contribution < 1.29 is 0 Å². The molecule has 0 amide bonds. The molecule has 0 fully saturated rings. The maximum atomic E-state index is 4.74. The maximum Gasteiger partial charge on any atom is 0.160 e. The number of H-pyrrole nitrogens is 1. The molecule has 0 bridgehead atoms. The van der Waals surface area contributed by atoms with E-state index in [-0.39, 0.29) is 0 Å². The molecular weight excluding hydrogens is 286 g/mol. The van der Waals surface area contributed by atoms with Gasteiger partial charge in [-0.25, -0.2) is 15.0 Å². The van der Waals surface area contributed by atoms with Crippen molar-refractivity contribution in [1.82, 2.24) is 24.9 Å². The zero-order chi connectivity index (χ0) is 15.8. The number of rotatable bonds is 2. The van der Waals surface area contributed by atoms with Crippen LogP contribution in [-0.4, -0.2) is 24.9 Å². The molecule has 4 aromatic heterocycles. The second-order valence-corrected chi connectivity index (χ2v) is 5.45. The average molecular weight is 301 g/mol. The molecule has 0 atom stereocenters. The Hall–Kier alpha value is -3.08. The quantitative estimate of drug-likeness (QED) is 0.613. The Morgan fingerprint density at radius 3 is 2.57 bits per heavy atom. The van der Waals surface area contributed by atoms with Crippen LogP contribution in [0.5, 0.6) is 0 Å². The van der Waals surface area contributed by atoms with Crippen molar-refractivity contribution in [2.24, 2.45) is 0 Å². The highest BCUT2D eigenvalue weighted by atomic mass is 14.9. The number of pyridine rings is 2. The van der Waals surface area contributed by atoms with Crippen LogP contribution in [0.4, 0.5) is 0 Å². The fourth-order valence-electron chi connectivity index (χ4n) is 2.75. The molecule has 1 N–H and O–H groups in total. The molecule has 0 aliphatic carbocycles. The molecule has 0 saturated heterocycles. The standard InChI is InChI=1S/C18H15N5/c1-11-3-4-13(12(2)22-11)16-7-10-21-18(23-16)15-6-9-20-17-14(15)5-8-19-17/h3-10H,1-2H3,(H,19,20). The number of nitrogens with zero attached hydrogens (tertiary/aromatic N) is 4. The Balaban J connectivity index is 1.87. The number of aromatic amines is 1. The molecule has 0 unspecified atom stereocenters. The number of hydrogen-bond acceptors (Lipinski definition) is 4. The Labute approximate surface area is 133 Å². The van der Waals surface area contributed by atoms with Crippen molar-refractivity contribution in [3.05, 3.63) is 60.3 Å². The molecular formula is C18H15N5. The Bertz CT molecular complexity index is 1000. The lowest BCUT2D eigenvalue weighted by molar-refractivity contribution is 1.11. The highest BCUT2D eigenvalue weighted by Gasteiger charge is 2.11. The van der Waals surface area contributed by atoms with E-state index in [0.717, 1.165) is 39.2 Å². The van der Waals surface area contributed by atoms with Crippen LogP contribution in [0.1, 0.15) is 11.4 Å². The van der Waals surface area contributed by atoms with Crippen LogP contribution < -0.4 is 0 Å². The monoisotopic (exact) mass is 301 g/mol. The summed E-state index contributed by atoms with van der Waals surface area (Å²) in [6.07, 6.45) is 5.43. The van der Waals surface area contributed by atoms with Gasteiger partial charge in [0, 0.05) is 46.5 Å². The van der Waals surface area contributed by atoms with Gasteiger partial charge < -0.3 is 4.98 Å². The van der Waals surface area contributed by atoms with Gasteiger partial charge in [-0.3, -0.25) is 4.98 Å². The molecule has 0 radical (unpaired) electrons. The number of aryl methyl sites for hydroxylation is 2. The van der Waals surface area contributed by atoms with Gasteiger partial charge in [-0.1, -0.05) is 0 Å². The molecule has 0 aliphatic rings. The normalized spacial score (nSPS) is 11.0. The molecule has 0 aromatic carbocycles. The lowest BCUT2D eigenvalue weighted by atomic mass is 10.1. The highest BCUT2D eigenvalue weighted by molar-refractivity contribution is 5.91. The molecule has 4 aromatic rings. The van der Waals surface area contributed by atoms with Crippen LogP contribution in [-0.2, 0) is 0 Å². The minimum absolute atomic E-state index is 0.689. The van der Waals surface area contributed by atoms with Crippen molar-refractivity contribution in [2.45, 2.75) is 13.8 Å². The number of nitrogens with one attached hydrogen (secondary N) is 1. The summed E-state index contributed by atoms with van der Waals surface area (Å²) >= 11 is 0. The van der Waals surface area contributed by atoms with Crippen molar-refractivity contribution in [1.29, 1.82) is 0 Å². The first kappa shape index (κ1) is 13.6. The molecule has 0 aliphatic heterocycles. The van der Waals surface area contributed by atoms with E-state index < -0.39 is 0 Å². The van der Waals surface area contributed by atoms with Crippen LogP contribution in [0.3, 0.4) is 0 Å². The van der Waals surface area contributed by atoms with Crippen molar-refractivity contribution in [3.8, 4) is 22.6 Å². The zero-order valence-electron chi connectivity index (χ0n) is 12.9. The van der Waals surface area contributed by atoms with E-state index in [1.54, 1.807) is 12.4 Å².